The Kier molecular flexibility index (Phi) is 3.59. The van der Waals surface area contributed by atoms with E-state index >= 15 is 0 Å². The van der Waals surface area contributed by atoms with Gasteiger partial charge in [0, 0.05) is 25.7 Å². The molecule has 3 N–H and O–H groups in total. The number of piperidine rings is 1. The first-order valence-electron chi connectivity index (χ1n) is 6.76. The van der Waals surface area contributed by atoms with Crippen LogP contribution in [0, 0.1) is 0 Å². The maximum Gasteiger partial charge on any atom is 0.404 e. The number of pyridine rings is 1. The van der Waals surface area contributed by atoms with Gasteiger partial charge in [-0.05, 0) is 24.5 Å². The molecule has 8 heteroatoms. The first-order valence-corrected chi connectivity index (χ1v) is 7.14. The SMILES string of the molecule is O=C(O)NC1CCN(c2nc(Cl)cc3c2C(=O)NC3)CC1. The zero-order chi connectivity index (χ0) is 15.0. The Hall–Kier alpha value is -2.02. The highest BCUT2D eigenvalue weighted by Gasteiger charge is 2.29. The number of halogens is 1. The molecular formula is C13H15ClN4O3. The normalized spacial score (nSPS) is 18.3. The molecule has 1 aromatic heterocycles. The first kappa shape index (κ1) is 13.9. The summed E-state index contributed by atoms with van der Waals surface area (Å²) in [6, 6.07) is 1.65. The van der Waals surface area contributed by atoms with Crippen molar-refractivity contribution in [3.63, 3.8) is 0 Å². The van der Waals surface area contributed by atoms with Crippen molar-refractivity contribution in [1.82, 2.24) is 15.6 Å². The summed E-state index contributed by atoms with van der Waals surface area (Å²) in [7, 11) is 0. The maximum absolute atomic E-state index is 11.9. The predicted molar refractivity (Wildman–Crippen MR) is 76.8 cm³/mol. The van der Waals surface area contributed by atoms with Gasteiger partial charge in [0.1, 0.15) is 11.0 Å². The fourth-order valence-corrected chi connectivity index (χ4v) is 3.05. The van der Waals surface area contributed by atoms with E-state index in [-0.39, 0.29) is 11.9 Å². The van der Waals surface area contributed by atoms with E-state index in [9.17, 15) is 9.59 Å². The number of amides is 2. The van der Waals surface area contributed by atoms with Gasteiger partial charge in [-0.3, -0.25) is 4.79 Å². The van der Waals surface area contributed by atoms with E-state index < -0.39 is 6.09 Å². The Morgan fingerprint density at radius 1 is 1.48 bits per heavy atom. The summed E-state index contributed by atoms with van der Waals surface area (Å²) in [5, 5.41) is 14.4. The van der Waals surface area contributed by atoms with Gasteiger partial charge in [-0.15, -0.1) is 0 Å². The lowest BCUT2D eigenvalue weighted by atomic mass is 10.0. The molecule has 0 radical (unpaired) electrons. The van der Waals surface area contributed by atoms with Crippen molar-refractivity contribution >= 4 is 29.4 Å². The van der Waals surface area contributed by atoms with Gasteiger partial charge in [0.15, 0.2) is 0 Å². The number of rotatable bonds is 2. The van der Waals surface area contributed by atoms with Gasteiger partial charge in [0.05, 0.1) is 5.56 Å². The minimum atomic E-state index is -1.00. The smallest absolute Gasteiger partial charge is 0.404 e. The largest absolute Gasteiger partial charge is 0.465 e. The molecule has 3 rings (SSSR count). The van der Waals surface area contributed by atoms with Crippen LogP contribution in [0.15, 0.2) is 6.07 Å². The highest BCUT2D eigenvalue weighted by Crippen LogP contribution is 2.30. The molecule has 0 saturated carbocycles. The molecule has 1 aromatic rings. The van der Waals surface area contributed by atoms with Gasteiger partial charge < -0.3 is 20.6 Å². The number of hydrogen-bond acceptors (Lipinski definition) is 4. The van der Waals surface area contributed by atoms with Crippen LogP contribution in [-0.2, 0) is 6.54 Å². The highest BCUT2D eigenvalue weighted by molar-refractivity contribution is 6.29. The lowest BCUT2D eigenvalue weighted by molar-refractivity contribution is 0.0966. The van der Waals surface area contributed by atoms with E-state index in [0.717, 1.165) is 5.56 Å². The number of anilines is 1. The second-order valence-corrected chi connectivity index (χ2v) is 5.58. The van der Waals surface area contributed by atoms with E-state index in [1.54, 1.807) is 6.07 Å². The minimum Gasteiger partial charge on any atom is -0.465 e. The monoisotopic (exact) mass is 310 g/mol. The summed E-state index contributed by atoms with van der Waals surface area (Å²) in [6.45, 7) is 1.75. The van der Waals surface area contributed by atoms with E-state index in [1.807, 2.05) is 4.90 Å². The van der Waals surface area contributed by atoms with Crippen LogP contribution in [0.3, 0.4) is 0 Å². The fourth-order valence-electron chi connectivity index (χ4n) is 2.84. The molecule has 2 aliphatic rings. The van der Waals surface area contributed by atoms with E-state index in [0.29, 0.717) is 49.0 Å². The van der Waals surface area contributed by atoms with Crippen molar-refractivity contribution in [1.29, 1.82) is 0 Å². The summed E-state index contributed by atoms with van der Waals surface area (Å²) >= 11 is 6.03. The van der Waals surface area contributed by atoms with Crippen LogP contribution in [-0.4, -0.2) is 41.2 Å². The Labute approximate surface area is 126 Å². The number of nitrogens with one attached hydrogen (secondary N) is 2. The Balaban J connectivity index is 1.80. The third-order valence-electron chi connectivity index (χ3n) is 3.84. The van der Waals surface area contributed by atoms with E-state index in [1.165, 1.54) is 0 Å². The number of carboxylic acid groups (broad SMARTS) is 1. The molecule has 0 unspecified atom stereocenters. The van der Waals surface area contributed by atoms with Crippen LogP contribution in [0.25, 0.3) is 0 Å². The first-order chi connectivity index (χ1) is 10.0. The minimum absolute atomic E-state index is 0.0557. The number of carbonyl (C=O) groups is 2. The van der Waals surface area contributed by atoms with Crippen molar-refractivity contribution in [2.75, 3.05) is 18.0 Å². The van der Waals surface area contributed by atoms with Crippen molar-refractivity contribution in [2.45, 2.75) is 25.4 Å². The molecule has 21 heavy (non-hydrogen) atoms. The molecule has 0 aromatic carbocycles. The molecular weight excluding hydrogens is 296 g/mol. The molecule has 0 bridgehead atoms. The molecule has 2 amide bonds. The number of aromatic nitrogens is 1. The highest BCUT2D eigenvalue weighted by atomic mass is 35.5. The molecule has 0 atom stereocenters. The second kappa shape index (κ2) is 5.40. The number of hydrogen-bond donors (Lipinski definition) is 3. The zero-order valence-electron chi connectivity index (χ0n) is 11.2. The summed E-state index contributed by atoms with van der Waals surface area (Å²) in [5.41, 5.74) is 1.45. The number of nitrogens with zero attached hydrogens (tertiary/aromatic N) is 2. The third kappa shape index (κ3) is 2.73. The molecule has 112 valence electrons. The second-order valence-electron chi connectivity index (χ2n) is 5.20. The molecule has 1 fully saturated rings. The molecule has 0 spiro atoms. The Morgan fingerprint density at radius 2 is 2.19 bits per heavy atom. The Morgan fingerprint density at radius 3 is 2.86 bits per heavy atom. The van der Waals surface area contributed by atoms with Crippen molar-refractivity contribution in [2.24, 2.45) is 0 Å². The molecule has 0 aliphatic carbocycles. The van der Waals surface area contributed by atoms with Gasteiger partial charge in [-0.25, -0.2) is 9.78 Å². The lowest BCUT2D eigenvalue weighted by Crippen LogP contribution is -2.45. The topological polar surface area (TPSA) is 94.6 Å². The van der Waals surface area contributed by atoms with E-state index in [2.05, 4.69) is 15.6 Å². The molecule has 7 nitrogen and oxygen atoms in total. The van der Waals surface area contributed by atoms with Crippen LogP contribution in [0.4, 0.5) is 10.6 Å². The summed E-state index contributed by atoms with van der Waals surface area (Å²) < 4.78 is 0. The van der Waals surface area contributed by atoms with E-state index in [4.69, 9.17) is 16.7 Å². The standard InChI is InChI=1S/C13H15ClN4O3/c14-9-5-7-6-15-12(19)10(7)11(17-9)18-3-1-8(2-4-18)16-13(20)21/h5,8,16H,1-4,6H2,(H,15,19)(H,20,21). The Bertz CT molecular complexity index is 599. The summed E-state index contributed by atoms with van der Waals surface area (Å²) in [6.07, 6.45) is 0.350. The lowest BCUT2D eigenvalue weighted by Gasteiger charge is -2.33. The third-order valence-corrected chi connectivity index (χ3v) is 4.03. The van der Waals surface area contributed by atoms with Gasteiger partial charge in [-0.1, -0.05) is 11.6 Å². The number of fused-ring (bicyclic) bond motifs is 1. The number of carbonyl (C=O) groups excluding carboxylic acids is 1. The molecule has 2 aliphatic heterocycles. The van der Waals surface area contributed by atoms with Crippen molar-refractivity contribution < 1.29 is 14.7 Å². The maximum atomic E-state index is 11.9. The van der Waals surface area contributed by atoms with Gasteiger partial charge in [0.2, 0.25) is 0 Å². The van der Waals surface area contributed by atoms with Crippen molar-refractivity contribution in [3.05, 3.63) is 22.3 Å². The zero-order valence-corrected chi connectivity index (χ0v) is 12.0. The molecule has 1 saturated heterocycles. The molecule has 3 heterocycles. The fraction of sp³-hybridized carbons (Fsp3) is 0.462. The van der Waals surface area contributed by atoms with Crippen LogP contribution in [0.2, 0.25) is 5.15 Å². The van der Waals surface area contributed by atoms with Crippen molar-refractivity contribution in [3.8, 4) is 0 Å². The van der Waals surface area contributed by atoms with Crippen LogP contribution < -0.4 is 15.5 Å². The van der Waals surface area contributed by atoms with Crippen LogP contribution in [0.5, 0.6) is 0 Å². The van der Waals surface area contributed by atoms with Gasteiger partial charge in [-0.2, -0.15) is 0 Å². The quantitative estimate of drug-likeness (QED) is 0.714. The van der Waals surface area contributed by atoms with Crippen LogP contribution >= 0.6 is 11.6 Å². The summed E-state index contributed by atoms with van der Waals surface area (Å²) in [5.74, 6) is 0.469. The average molecular weight is 311 g/mol. The van der Waals surface area contributed by atoms with Gasteiger partial charge >= 0.3 is 6.09 Å². The van der Waals surface area contributed by atoms with Gasteiger partial charge in [0.25, 0.3) is 5.91 Å². The summed E-state index contributed by atoms with van der Waals surface area (Å²) in [4.78, 5) is 28.9. The average Bonchev–Trinajstić information content (AvgIpc) is 2.79. The predicted octanol–water partition coefficient (Wildman–Crippen LogP) is 1.21. The van der Waals surface area contributed by atoms with Crippen LogP contribution in [0.1, 0.15) is 28.8 Å².